The molecule has 0 amide bonds. The Labute approximate surface area is 144 Å². The van der Waals surface area contributed by atoms with Crippen molar-refractivity contribution in [2.45, 2.75) is 0 Å². The van der Waals surface area contributed by atoms with Gasteiger partial charge in [0.15, 0.2) is 11.5 Å². The van der Waals surface area contributed by atoms with Crippen molar-refractivity contribution in [2.75, 3.05) is 23.9 Å². The second-order valence-electron chi connectivity index (χ2n) is 6.01. The first kappa shape index (κ1) is 13.8. The number of nitrogens with zero attached hydrogens (tertiary/aromatic N) is 2. The fraction of sp³-hybridized carbons (Fsp3) is 0.100. The number of fused-ring (bicyclic) bond motifs is 2. The molecule has 0 fully saturated rings. The Hall–Kier alpha value is -2.65. The predicted molar refractivity (Wildman–Crippen MR) is 93.8 cm³/mol. The van der Waals surface area contributed by atoms with E-state index in [0.717, 1.165) is 44.3 Å². The number of anilines is 4. The highest BCUT2D eigenvalue weighted by molar-refractivity contribution is 5.76. The van der Waals surface area contributed by atoms with Crippen LogP contribution in [-0.4, -0.2) is 14.1 Å². The van der Waals surface area contributed by atoms with Crippen molar-refractivity contribution in [3.8, 4) is 11.5 Å². The van der Waals surface area contributed by atoms with Crippen molar-refractivity contribution in [2.24, 2.45) is 0 Å². The summed E-state index contributed by atoms with van der Waals surface area (Å²) in [6, 6.07) is 21.0. The van der Waals surface area contributed by atoms with E-state index < -0.39 is 0 Å². The molecule has 0 aliphatic carbocycles. The van der Waals surface area contributed by atoms with Gasteiger partial charge in [0.2, 0.25) is 10.8 Å². The molecule has 4 heteroatoms. The lowest BCUT2D eigenvalue weighted by Gasteiger charge is -2.27. The lowest BCUT2D eigenvalue weighted by Crippen LogP contribution is -2.18. The van der Waals surface area contributed by atoms with Crippen molar-refractivity contribution in [3.05, 3.63) is 70.7 Å². The predicted octanol–water partition coefficient (Wildman–Crippen LogP) is 5.26. The van der Waals surface area contributed by atoms with Crippen LogP contribution >= 0.6 is 0 Å². The summed E-state index contributed by atoms with van der Waals surface area (Å²) < 4.78 is 6.20. The van der Waals surface area contributed by atoms with Crippen molar-refractivity contribution in [1.82, 2.24) is 0 Å². The van der Waals surface area contributed by atoms with Gasteiger partial charge >= 0.3 is 10.0 Å². The molecule has 5 rings (SSSR count). The van der Waals surface area contributed by atoms with E-state index in [1.54, 1.807) is 0 Å². The van der Waals surface area contributed by atoms with Crippen LogP contribution in [-0.2, 0) is 0 Å². The number of halogens is 1. The summed E-state index contributed by atoms with van der Waals surface area (Å²) in [5.41, 5.74) is 4.60. The molecule has 3 aromatic carbocycles. The highest BCUT2D eigenvalue weighted by atomic mass is 35.5. The molecule has 0 saturated carbocycles. The Kier molecular flexibility index (Phi) is 2.82. The fourth-order valence-corrected chi connectivity index (χ4v) is 4.42. The summed E-state index contributed by atoms with van der Waals surface area (Å²) in [4.78, 5) is 4.43. The topological polar surface area (TPSA) is 15.7 Å². The number of hydrogen-bond acceptors (Lipinski definition) is 3. The second-order valence-corrected chi connectivity index (χ2v) is 6.96. The van der Waals surface area contributed by atoms with Gasteiger partial charge in [0, 0.05) is 25.5 Å². The zero-order valence-electron chi connectivity index (χ0n) is 13.5. The molecule has 3 aromatic rings. The SMILES string of the molecule is CN1c2cccc(c2)N(C)c2cccc3c2[Cl+]c2c(cccc21)O3. The minimum Gasteiger partial charge on any atom is -0.445 e. The number of rotatable bonds is 0. The Morgan fingerprint density at radius 2 is 1.21 bits per heavy atom. The maximum absolute atomic E-state index is 6.20. The molecule has 0 saturated heterocycles. The molecule has 3 nitrogen and oxygen atoms in total. The van der Waals surface area contributed by atoms with Crippen molar-refractivity contribution in [1.29, 1.82) is 0 Å². The molecular weight excluding hydrogens is 320 g/mol. The Balaban J connectivity index is 1.87. The molecule has 0 radical (unpaired) electrons. The van der Waals surface area contributed by atoms with E-state index in [9.17, 15) is 0 Å². The Bertz CT molecular complexity index is 897. The average molecular weight is 336 g/mol. The Morgan fingerprint density at radius 1 is 0.708 bits per heavy atom. The number of hydrogen-bond donors (Lipinski definition) is 0. The monoisotopic (exact) mass is 335 g/mol. The minimum atomic E-state index is 0.900. The molecule has 0 spiro atoms. The van der Waals surface area contributed by atoms with Crippen molar-refractivity contribution in [3.63, 3.8) is 0 Å². The van der Waals surface area contributed by atoms with Crippen LogP contribution in [0.3, 0.4) is 0 Å². The van der Waals surface area contributed by atoms with Gasteiger partial charge < -0.3 is 14.5 Å². The summed E-state index contributed by atoms with van der Waals surface area (Å²) in [7, 11) is 6.60. The average Bonchev–Trinajstić information content (AvgIpc) is 2.63. The van der Waals surface area contributed by atoms with Gasteiger partial charge in [-0.1, -0.05) is 18.2 Å². The van der Waals surface area contributed by atoms with Gasteiger partial charge in [-0.15, -0.1) is 0 Å². The molecule has 2 heterocycles. The highest BCUT2D eigenvalue weighted by Crippen LogP contribution is 2.49. The van der Waals surface area contributed by atoms with E-state index in [1.165, 1.54) is 0 Å². The first-order valence-corrected chi connectivity index (χ1v) is 8.64. The van der Waals surface area contributed by atoms with E-state index in [1.807, 2.05) is 24.3 Å². The van der Waals surface area contributed by atoms with Gasteiger partial charge in [-0.2, -0.15) is 0 Å². The van der Waals surface area contributed by atoms with E-state index in [2.05, 4.69) is 71.1 Å². The maximum atomic E-state index is 6.20. The van der Waals surface area contributed by atoms with Crippen LogP contribution in [0.1, 0.15) is 0 Å². The van der Waals surface area contributed by atoms with Crippen molar-refractivity contribution >= 4 is 22.7 Å². The van der Waals surface area contributed by atoms with E-state index >= 15 is 0 Å². The number of ether oxygens (including phenoxy) is 1. The van der Waals surface area contributed by atoms with Crippen LogP contribution in [0.2, 0.25) is 10.0 Å². The molecular formula is C20H16ClN2O+. The van der Waals surface area contributed by atoms with Crippen molar-refractivity contribution < 1.29 is 15.5 Å². The minimum absolute atomic E-state index is 0.900. The largest absolute Gasteiger partial charge is 0.445 e. The van der Waals surface area contributed by atoms with Crippen LogP contribution in [0.15, 0.2) is 60.7 Å². The lowest BCUT2D eigenvalue weighted by molar-refractivity contribution is -0.538. The lowest BCUT2D eigenvalue weighted by atomic mass is 10.2. The summed E-state index contributed by atoms with van der Waals surface area (Å²) in [5, 5.41) is 2.22. The third kappa shape index (κ3) is 1.85. The van der Waals surface area contributed by atoms with Crippen LogP contribution in [0, 0.1) is 10.8 Å². The standard InChI is InChI=1S/C20H16ClN2O/c1-22-13-6-3-7-14(12-13)23(2)16-9-5-11-18-20(16)21-19-15(22)8-4-10-17(19)24-18/h3-12H,1-2H3/q+1. The van der Waals surface area contributed by atoms with Crippen LogP contribution in [0.25, 0.3) is 0 Å². The molecule has 24 heavy (non-hydrogen) atoms. The molecule has 2 aliphatic rings. The molecule has 0 N–H and O–H groups in total. The molecule has 0 atom stereocenters. The normalized spacial score (nSPS) is 14.2. The van der Waals surface area contributed by atoms with Gasteiger partial charge in [0.05, 0.1) is 0 Å². The first-order chi connectivity index (χ1) is 11.7. The van der Waals surface area contributed by atoms with Gasteiger partial charge in [0.25, 0.3) is 0 Å². The van der Waals surface area contributed by atoms with E-state index in [-0.39, 0.29) is 0 Å². The summed E-state index contributed by atoms with van der Waals surface area (Å²) in [5.74, 6) is 1.80. The third-order valence-electron chi connectivity index (χ3n) is 4.62. The third-order valence-corrected chi connectivity index (χ3v) is 5.76. The van der Waals surface area contributed by atoms with Crippen LogP contribution in [0.5, 0.6) is 11.5 Å². The second kappa shape index (κ2) is 4.92. The quantitative estimate of drug-likeness (QED) is 0.436. The van der Waals surface area contributed by atoms with Crippen LogP contribution < -0.4 is 14.5 Å². The molecule has 4 bridgehead atoms. The summed E-state index contributed by atoms with van der Waals surface area (Å²) in [6.07, 6.45) is 0. The smallest absolute Gasteiger partial charge is 0.301 e. The number of benzene rings is 3. The molecule has 0 unspecified atom stereocenters. The molecule has 2 aliphatic heterocycles. The van der Waals surface area contributed by atoms with E-state index in [4.69, 9.17) is 4.74 Å². The maximum Gasteiger partial charge on any atom is 0.301 e. The van der Waals surface area contributed by atoms with Gasteiger partial charge in [0.1, 0.15) is 11.4 Å². The summed E-state index contributed by atoms with van der Waals surface area (Å²) in [6.45, 7) is 0. The van der Waals surface area contributed by atoms with Crippen LogP contribution in [0.4, 0.5) is 22.7 Å². The van der Waals surface area contributed by atoms with Gasteiger partial charge in [-0.05, 0) is 42.5 Å². The summed E-state index contributed by atoms with van der Waals surface area (Å²) >= 11 is 0. The van der Waals surface area contributed by atoms with Gasteiger partial charge in [-0.25, -0.2) is 0 Å². The molecule has 0 aromatic heterocycles. The van der Waals surface area contributed by atoms with E-state index in [0.29, 0.717) is 0 Å². The Morgan fingerprint density at radius 3 is 1.75 bits per heavy atom. The highest BCUT2D eigenvalue weighted by Gasteiger charge is 2.38. The zero-order valence-corrected chi connectivity index (χ0v) is 14.2. The fourth-order valence-electron chi connectivity index (χ4n) is 3.27. The zero-order chi connectivity index (χ0) is 16.3. The molecule has 118 valence electrons. The van der Waals surface area contributed by atoms with Gasteiger partial charge in [-0.3, -0.25) is 0 Å². The first-order valence-electron chi connectivity index (χ1n) is 7.88.